The van der Waals surface area contributed by atoms with Crippen molar-refractivity contribution in [2.75, 3.05) is 44.2 Å². The summed E-state index contributed by atoms with van der Waals surface area (Å²) in [7, 11) is 0. The summed E-state index contributed by atoms with van der Waals surface area (Å²) in [6.45, 7) is 4.96. The molecule has 1 fully saturated rings. The van der Waals surface area contributed by atoms with E-state index < -0.39 is 0 Å². The standard InChI is InChI=1S/C22H22Cl3N5OS/c23-17-4-1-15(2-5-17)13-20-27-22(32-28-20)30-11-9-29(10-12-30)8-7-26-21(31)16-3-6-18(24)19(25)14-16/h1-6,14H,7-13H2,(H,26,31). The molecule has 1 aliphatic rings. The molecule has 0 radical (unpaired) electrons. The first kappa shape index (κ1) is 23.3. The smallest absolute Gasteiger partial charge is 0.251 e. The van der Waals surface area contributed by atoms with Crippen LogP contribution in [0.2, 0.25) is 15.1 Å². The molecule has 0 saturated carbocycles. The lowest BCUT2D eigenvalue weighted by Gasteiger charge is -2.34. The minimum Gasteiger partial charge on any atom is -0.351 e. The van der Waals surface area contributed by atoms with Crippen LogP contribution in [0.25, 0.3) is 0 Å². The number of nitrogens with zero attached hydrogens (tertiary/aromatic N) is 4. The molecule has 10 heteroatoms. The van der Waals surface area contributed by atoms with Crippen LogP contribution in [0.1, 0.15) is 21.7 Å². The lowest BCUT2D eigenvalue weighted by atomic mass is 10.1. The Labute approximate surface area is 206 Å². The number of amides is 1. The third-order valence-corrected chi connectivity index (χ3v) is 7.08. The quantitative estimate of drug-likeness (QED) is 0.502. The zero-order valence-electron chi connectivity index (χ0n) is 17.2. The van der Waals surface area contributed by atoms with Crippen molar-refractivity contribution in [1.29, 1.82) is 0 Å². The third kappa shape index (κ3) is 6.11. The van der Waals surface area contributed by atoms with Gasteiger partial charge in [-0.15, -0.1) is 0 Å². The van der Waals surface area contributed by atoms with Gasteiger partial charge in [0.2, 0.25) is 5.13 Å². The van der Waals surface area contributed by atoms with E-state index in [1.54, 1.807) is 18.2 Å². The summed E-state index contributed by atoms with van der Waals surface area (Å²) in [5.41, 5.74) is 1.65. The molecule has 6 nitrogen and oxygen atoms in total. The largest absolute Gasteiger partial charge is 0.351 e. The first-order chi connectivity index (χ1) is 15.5. The second kappa shape index (κ2) is 10.8. The molecule has 0 spiro atoms. The van der Waals surface area contributed by atoms with Gasteiger partial charge in [-0.05, 0) is 35.9 Å². The second-order valence-corrected chi connectivity index (χ2v) is 9.49. The van der Waals surface area contributed by atoms with Gasteiger partial charge in [0.15, 0.2) is 0 Å². The number of benzene rings is 2. The van der Waals surface area contributed by atoms with Crippen LogP contribution < -0.4 is 10.2 Å². The van der Waals surface area contributed by atoms with Gasteiger partial charge >= 0.3 is 0 Å². The van der Waals surface area contributed by atoms with Crippen LogP contribution in [0.15, 0.2) is 42.5 Å². The van der Waals surface area contributed by atoms with E-state index in [2.05, 4.69) is 19.5 Å². The van der Waals surface area contributed by atoms with Gasteiger partial charge in [0.25, 0.3) is 5.91 Å². The molecule has 168 valence electrons. The molecule has 0 bridgehead atoms. The third-order valence-electron chi connectivity index (χ3n) is 5.27. The number of anilines is 1. The van der Waals surface area contributed by atoms with E-state index in [0.717, 1.165) is 54.3 Å². The number of nitrogens with one attached hydrogen (secondary N) is 1. The maximum atomic E-state index is 12.3. The zero-order valence-corrected chi connectivity index (χ0v) is 20.3. The predicted octanol–water partition coefficient (Wildman–Crippen LogP) is 4.64. The molecular weight excluding hydrogens is 489 g/mol. The Morgan fingerprint density at radius 1 is 1.00 bits per heavy atom. The molecular formula is C22H22Cl3N5OS. The highest BCUT2D eigenvalue weighted by Crippen LogP contribution is 2.23. The molecule has 32 heavy (non-hydrogen) atoms. The van der Waals surface area contributed by atoms with E-state index in [9.17, 15) is 4.79 Å². The summed E-state index contributed by atoms with van der Waals surface area (Å²) in [6.07, 6.45) is 0.701. The van der Waals surface area contributed by atoms with Gasteiger partial charge in [0.05, 0.1) is 10.0 Å². The number of halogens is 3. The van der Waals surface area contributed by atoms with Gasteiger partial charge in [0.1, 0.15) is 5.82 Å². The second-order valence-electron chi connectivity index (χ2n) is 7.51. The molecule has 1 amide bonds. The first-order valence-corrected chi connectivity index (χ1v) is 12.2. The number of piperazine rings is 1. The van der Waals surface area contributed by atoms with Crippen molar-refractivity contribution in [1.82, 2.24) is 19.6 Å². The fourth-order valence-electron chi connectivity index (χ4n) is 3.46. The molecule has 1 aromatic heterocycles. The maximum absolute atomic E-state index is 12.3. The highest BCUT2D eigenvalue weighted by atomic mass is 35.5. The predicted molar refractivity (Wildman–Crippen MR) is 132 cm³/mol. The van der Waals surface area contributed by atoms with Crippen LogP contribution in [0.5, 0.6) is 0 Å². The van der Waals surface area contributed by atoms with Crippen LogP contribution in [0.4, 0.5) is 5.13 Å². The Balaban J connectivity index is 1.20. The Morgan fingerprint density at radius 2 is 1.75 bits per heavy atom. The molecule has 2 heterocycles. The van der Waals surface area contributed by atoms with E-state index in [-0.39, 0.29) is 5.91 Å². The lowest BCUT2D eigenvalue weighted by molar-refractivity contribution is 0.0948. The molecule has 0 unspecified atom stereocenters. The van der Waals surface area contributed by atoms with E-state index >= 15 is 0 Å². The van der Waals surface area contributed by atoms with Crippen LogP contribution in [0, 0.1) is 0 Å². The Bertz CT molecular complexity index is 1070. The number of carbonyl (C=O) groups excluding carboxylic acids is 1. The first-order valence-electron chi connectivity index (χ1n) is 10.3. The average Bonchev–Trinajstić information content (AvgIpc) is 3.26. The van der Waals surface area contributed by atoms with Crippen LogP contribution in [-0.4, -0.2) is 59.4 Å². The average molecular weight is 511 g/mol. The minimum atomic E-state index is -0.149. The normalized spacial score (nSPS) is 14.5. The van der Waals surface area contributed by atoms with Gasteiger partial charge in [-0.2, -0.15) is 4.37 Å². The Kier molecular flexibility index (Phi) is 7.86. The summed E-state index contributed by atoms with van der Waals surface area (Å²) in [4.78, 5) is 21.6. The molecule has 4 rings (SSSR count). The monoisotopic (exact) mass is 509 g/mol. The highest BCUT2D eigenvalue weighted by molar-refractivity contribution is 7.09. The SMILES string of the molecule is O=C(NCCN1CCN(c2nc(Cc3ccc(Cl)cc3)ns2)CC1)c1ccc(Cl)c(Cl)c1. The van der Waals surface area contributed by atoms with Gasteiger partial charge < -0.3 is 10.2 Å². The lowest BCUT2D eigenvalue weighted by Crippen LogP contribution is -2.48. The van der Waals surface area contributed by atoms with Gasteiger partial charge in [-0.3, -0.25) is 9.69 Å². The van der Waals surface area contributed by atoms with Crippen molar-refractivity contribution in [3.8, 4) is 0 Å². The van der Waals surface area contributed by atoms with Crippen LogP contribution in [-0.2, 0) is 6.42 Å². The molecule has 1 saturated heterocycles. The van der Waals surface area contributed by atoms with E-state index in [1.165, 1.54) is 11.5 Å². The topological polar surface area (TPSA) is 61.4 Å². The van der Waals surface area contributed by atoms with E-state index in [0.29, 0.717) is 28.6 Å². The highest BCUT2D eigenvalue weighted by Gasteiger charge is 2.20. The fourth-order valence-corrected chi connectivity index (χ4v) is 4.62. The van der Waals surface area contributed by atoms with Crippen LogP contribution in [0.3, 0.4) is 0 Å². The van der Waals surface area contributed by atoms with Crippen molar-refractivity contribution in [3.05, 3.63) is 74.5 Å². The number of hydrogen-bond donors (Lipinski definition) is 1. The van der Waals surface area contributed by atoms with Crippen molar-refractivity contribution < 1.29 is 4.79 Å². The number of hydrogen-bond acceptors (Lipinski definition) is 6. The molecule has 0 atom stereocenters. The maximum Gasteiger partial charge on any atom is 0.251 e. The van der Waals surface area contributed by atoms with Crippen molar-refractivity contribution in [2.45, 2.75) is 6.42 Å². The number of rotatable bonds is 7. The molecule has 3 aromatic rings. The summed E-state index contributed by atoms with van der Waals surface area (Å²) in [5, 5.41) is 5.45. The summed E-state index contributed by atoms with van der Waals surface area (Å²) in [6, 6.07) is 12.7. The molecule has 1 N–H and O–H groups in total. The van der Waals surface area contributed by atoms with E-state index in [1.807, 2.05) is 24.3 Å². The van der Waals surface area contributed by atoms with Gasteiger partial charge in [-0.1, -0.05) is 46.9 Å². The fraction of sp³-hybridized carbons (Fsp3) is 0.318. The van der Waals surface area contributed by atoms with E-state index in [4.69, 9.17) is 39.8 Å². The van der Waals surface area contributed by atoms with Gasteiger partial charge in [0, 0.05) is 67.8 Å². The van der Waals surface area contributed by atoms with Gasteiger partial charge in [-0.25, -0.2) is 4.98 Å². The summed E-state index contributed by atoms with van der Waals surface area (Å²) < 4.78 is 4.51. The minimum absolute atomic E-state index is 0.149. The summed E-state index contributed by atoms with van der Waals surface area (Å²) in [5.74, 6) is 0.684. The van der Waals surface area contributed by atoms with Crippen molar-refractivity contribution in [3.63, 3.8) is 0 Å². The zero-order chi connectivity index (χ0) is 22.5. The Morgan fingerprint density at radius 3 is 2.47 bits per heavy atom. The molecule has 2 aromatic carbocycles. The number of aromatic nitrogens is 2. The molecule has 0 aliphatic carbocycles. The molecule has 1 aliphatic heterocycles. The van der Waals surface area contributed by atoms with Crippen LogP contribution >= 0.6 is 46.3 Å². The van der Waals surface area contributed by atoms with Crippen molar-refractivity contribution >= 4 is 57.4 Å². The Hall–Kier alpha value is -1.90. The summed E-state index contributed by atoms with van der Waals surface area (Å²) >= 11 is 19.3. The van der Waals surface area contributed by atoms with Crippen molar-refractivity contribution in [2.24, 2.45) is 0 Å². The number of carbonyl (C=O) groups is 1.